The van der Waals surface area contributed by atoms with E-state index in [1.165, 1.54) is 13.2 Å². The minimum Gasteiger partial charge on any atom is -0.463 e. The van der Waals surface area contributed by atoms with Crippen LogP contribution in [0.3, 0.4) is 0 Å². The summed E-state index contributed by atoms with van der Waals surface area (Å²) in [6.07, 6.45) is 0.183. The number of rotatable bonds is 3. The molecule has 2 saturated heterocycles. The molecular weight excluding hydrogens is 255 g/mol. The topological polar surface area (TPSA) is 63.2 Å². The molecule has 0 N–H and O–H groups in total. The van der Waals surface area contributed by atoms with Gasteiger partial charge in [-0.15, -0.1) is 0 Å². The molecule has 2 aliphatic heterocycles. The van der Waals surface area contributed by atoms with Crippen LogP contribution in [-0.4, -0.2) is 50.6 Å². The van der Waals surface area contributed by atoms with Crippen molar-refractivity contribution in [1.82, 2.24) is 0 Å². The lowest BCUT2D eigenvalue weighted by Gasteiger charge is -2.31. The van der Waals surface area contributed by atoms with Crippen molar-refractivity contribution in [3.05, 3.63) is 11.6 Å². The second kappa shape index (κ2) is 5.58. The van der Waals surface area contributed by atoms with Crippen molar-refractivity contribution in [1.29, 1.82) is 0 Å². The number of carbonyl (C=O) groups is 1. The third-order valence-electron chi connectivity index (χ3n) is 2.98. The van der Waals surface area contributed by atoms with Gasteiger partial charge in [-0.25, -0.2) is 4.79 Å². The molecule has 0 aliphatic carbocycles. The Balaban J connectivity index is 2.22. The molecule has 0 amide bonds. The summed E-state index contributed by atoms with van der Waals surface area (Å²) >= 11 is 0. The first kappa shape index (κ1) is 14.5. The highest BCUT2D eigenvalue weighted by Gasteiger charge is 2.48. The Labute approximate surface area is 112 Å². The summed E-state index contributed by atoms with van der Waals surface area (Å²) in [6.45, 7) is 6.09. The Bertz CT molecular complexity index is 375. The lowest BCUT2D eigenvalue weighted by atomic mass is 10.1. The number of fused-ring (bicyclic) bond motifs is 1. The van der Waals surface area contributed by atoms with Crippen molar-refractivity contribution in [3.8, 4) is 0 Å². The molecule has 0 spiro atoms. The predicted octanol–water partition coefficient (Wildman–Crippen LogP) is 0.999. The zero-order valence-electron chi connectivity index (χ0n) is 11.7. The summed E-state index contributed by atoms with van der Waals surface area (Å²) < 4.78 is 27.2. The standard InChI is InChI=1S/C13H20O6/c1-5-16-10(14)6-8-11-9(7-17-12(8)15-4)18-13(2,3)19-11/h6,9,11-12H,5,7H2,1-4H3/b8-6+/t9-,11+,12-/m0/s1/i6+1,10+1,12+1. The van der Waals surface area contributed by atoms with Crippen molar-refractivity contribution in [2.45, 2.75) is 45.1 Å². The van der Waals surface area contributed by atoms with Crippen LogP contribution < -0.4 is 0 Å². The number of esters is 1. The molecular formula is C13H20O6. The largest absolute Gasteiger partial charge is 0.463 e. The molecule has 0 aromatic rings. The van der Waals surface area contributed by atoms with Gasteiger partial charge in [-0.2, -0.15) is 0 Å². The van der Waals surface area contributed by atoms with Crippen LogP contribution in [0.5, 0.6) is 0 Å². The van der Waals surface area contributed by atoms with Gasteiger partial charge in [0.25, 0.3) is 0 Å². The van der Waals surface area contributed by atoms with E-state index in [1.54, 1.807) is 6.92 Å². The summed E-state index contributed by atoms with van der Waals surface area (Å²) in [6, 6.07) is 0. The predicted molar refractivity (Wildman–Crippen MR) is 65.3 cm³/mol. The Morgan fingerprint density at radius 2 is 2.21 bits per heavy atom. The van der Waals surface area contributed by atoms with E-state index >= 15 is 0 Å². The molecule has 2 aliphatic rings. The van der Waals surface area contributed by atoms with Gasteiger partial charge in [0.15, 0.2) is 12.1 Å². The Morgan fingerprint density at radius 1 is 1.47 bits per heavy atom. The van der Waals surface area contributed by atoms with Gasteiger partial charge in [0, 0.05) is 18.8 Å². The van der Waals surface area contributed by atoms with Gasteiger partial charge < -0.3 is 23.7 Å². The van der Waals surface area contributed by atoms with Gasteiger partial charge in [0.1, 0.15) is 12.2 Å². The lowest BCUT2D eigenvalue weighted by molar-refractivity contribution is -0.158. The summed E-state index contributed by atoms with van der Waals surface area (Å²) in [5.41, 5.74) is 0.600. The maximum atomic E-state index is 11.6. The molecule has 19 heavy (non-hydrogen) atoms. The normalized spacial score (nSPS) is 35.2. The molecule has 6 heteroatoms. The van der Waals surface area contributed by atoms with Crippen LogP contribution in [0.2, 0.25) is 0 Å². The summed E-state index contributed by atoms with van der Waals surface area (Å²) in [4.78, 5) is 11.6. The second-order valence-electron chi connectivity index (χ2n) is 4.89. The zero-order chi connectivity index (χ0) is 14.0. The fourth-order valence-corrected chi connectivity index (χ4v) is 2.33. The molecule has 3 atom stereocenters. The van der Waals surface area contributed by atoms with Crippen LogP contribution in [0, 0.1) is 0 Å². The molecule has 2 rings (SSSR count). The van der Waals surface area contributed by atoms with Crippen molar-refractivity contribution >= 4 is 5.97 Å². The van der Waals surface area contributed by atoms with Crippen LogP contribution >= 0.6 is 0 Å². The van der Waals surface area contributed by atoms with Gasteiger partial charge in [-0.1, -0.05) is 0 Å². The van der Waals surface area contributed by atoms with Crippen LogP contribution in [-0.2, 0) is 28.5 Å². The molecule has 108 valence electrons. The van der Waals surface area contributed by atoms with Gasteiger partial charge in [0.05, 0.1) is 13.2 Å². The van der Waals surface area contributed by atoms with E-state index in [0.29, 0.717) is 18.8 Å². The van der Waals surface area contributed by atoms with E-state index in [9.17, 15) is 4.79 Å². The van der Waals surface area contributed by atoms with E-state index in [0.717, 1.165) is 0 Å². The maximum Gasteiger partial charge on any atom is 0.330 e. The van der Waals surface area contributed by atoms with Crippen molar-refractivity contribution in [2.75, 3.05) is 20.3 Å². The first-order valence-electron chi connectivity index (χ1n) is 6.35. The molecule has 0 bridgehead atoms. The molecule has 0 radical (unpaired) electrons. The highest BCUT2D eigenvalue weighted by atomic mass is 16.8. The van der Waals surface area contributed by atoms with Crippen LogP contribution in [0.15, 0.2) is 11.6 Å². The molecule has 0 unspecified atom stereocenters. The average molecular weight is 275 g/mol. The highest BCUT2D eigenvalue weighted by Crippen LogP contribution is 2.37. The molecule has 2 heterocycles. The third-order valence-corrected chi connectivity index (χ3v) is 2.98. The maximum absolute atomic E-state index is 11.6. The SMILES string of the molecule is CCO[13C](=O)/[13CH]=C1\[C@H]2OC(C)(C)O[C@H]2CO[13C@@H]1OC. The van der Waals surface area contributed by atoms with Gasteiger partial charge >= 0.3 is 5.97 Å². The van der Waals surface area contributed by atoms with Crippen molar-refractivity contribution in [2.24, 2.45) is 0 Å². The summed E-state index contributed by atoms with van der Waals surface area (Å²) in [5.74, 6) is -1.13. The van der Waals surface area contributed by atoms with Crippen LogP contribution in [0.25, 0.3) is 0 Å². The minimum absolute atomic E-state index is 0.234. The smallest absolute Gasteiger partial charge is 0.330 e. The Kier molecular flexibility index (Phi) is 4.25. The van der Waals surface area contributed by atoms with Gasteiger partial charge in [0.2, 0.25) is 0 Å². The van der Waals surface area contributed by atoms with E-state index in [1.807, 2.05) is 13.8 Å². The molecule has 6 nitrogen and oxygen atoms in total. The number of hydrogen-bond acceptors (Lipinski definition) is 6. The summed E-state index contributed by atoms with van der Waals surface area (Å²) in [5, 5.41) is 0. The van der Waals surface area contributed by atoms with E-state index in [4.69, 9.17) is 23.7 Å². The fraction of sp³-hybridized carbons (Fsp3) is 0.769. The van der Waals surface area contributed by atoms with Crippen molar-refractivity contribution in [3.63, 3.8) is 0 Å². The lowest BCUT2D eigenvalue weighted by Crippen LogP contribution is -2.42. The summed E-state index contributed by atoms with van der Waals surface area (Å²) in [7, 11) is 1.52. The van der Waals surface area contributed by atoms with Crippen molar-refractivity contribution < 1.29 is 28.5 Å². The number of ether oxygens (including phenoxy) is 5. The molecule has 0 aromatic carbocycles. The van der Waals surface area contributed by atoms with E-state index in [2.05, 4.69) is 0 Å². The quantitative estimate of drug-likeness (QED) is 0.435. The van der Waals surface area contributed by atoms with E-state index < -0.39 is 18.0 Å². The minimum atomic E-state index is -0.699. The van der Waals surface area contributed by atoms with Crippen LogP contribution in [0.1, 0.15) is 20.8 Å². The Morgan fingerprint density at radius 3 is 2.84 bits per heavy atom. The highest BCUT2D eigenvalue weighted by molar-refractivity contribution is 5.83. The third kappa shape index (κ3) is 3.14. The second-order valence-corrected chi connectivity index (χ2v) is 4.89. The molecule has 0 aromatic heterocycles. The van der Waals surface area contributed by atoms with Gasteiger partial charge in [-0.3, -0.25) is 0 Å². The fourth-order valence-electron chi connectivity index (χ4n) is 2.33. The molecule has 2 fully saturated rings. The first-order valence-corrected chi connectivity index (χ1v) is 6.35. The van der Waals surface area contributed by atoms with Gasteiger partial charge in [-0.05, 0) is 20.8 Å². The van der Waals surface area contributed by atoms with Crippen LogP contribution in [0.4, 0.5) is 0 Å². The zero-order valence-corrected chi connectivity index (χ0v) is 11.7. The molecule has 0 saturated carbocycles. The Hall–Kier alpha value is -0.950. The monoisotopic (exact) mass is 275 g/mol. The first-order chi connectivity index (χ1) is 8.96. The number of methoxy groups -OCH3 is 1. The van der Waals surface area contributed by atoms with E-state index in [-0.39, 0.29) is 12.2 Å². The average Bonchev–Trinajstić information content (AvgIpc) is 2.64. The number of hydrogen-bond donors (Lipinski definition) is 0. The number of carbonyl (C=O) groups excluding carboxylic acids is 1.